The third-order valence-corrected chi connectivity index (χ3v) is 3.52. The highest BCUT2D eigenvalue weighted by atomic mass is 16.7. The van der Waals surface area contributed by atoms with E-state index in [1.807, 2.05) is 0 Å². The first-order valence-corrected chi connectivity index (χ1v) is 7.45. The zero-order valence-electron chi connectivity index (χ0n) is 13.0. The van der Waals surface area contributed by atoms with Crippen molar-refractivity contribution in [3.05, 3.63) is 36.3 Å². The summed E-state index contributed by atoms with van der Waals surface area (Å²) in [5, 5.41) is 5.96. The van der Waals surface area contributed by atoms with Crippen LogP contribution >= 0.6 is 0 Å². The maximum Gasteiger partial charge on any atom is 0.275 e. The molecule has 1 aliphatic rings. The molecule has 3 rings (SSSR count). The topological polar surface area (TPSA) is 85.4 Å². The van der Waals surface area contributed by atoms with E-state index in [1.54, 1.807) is 24.4 Å². The largest absolute Gasteiger partial charge is 0.454 e. The van der Waals surface area contributed by atoms with Crippen molar-refractivity contribution in [3.63, 3.8) is 0 Å². The molecule has 0 aliphatic carbocycles. The number of hydrogen-bond acceptors (Lipinski definition) is 6. The number of nitrogens with zero attached hydrogens (tertiary/aromatic N) is 2. The average Bonchev–Trinajstić information content (AvgIpc) is 3.03. The number of hydrogen-bond donors (Lipinski definition) is 2. The van der Waals surface area contributed by atoms with Crippen molar-refractivity contribution >= 4 is 17.4 Å². The molecule has 0 bridgehead atoms. The monoisotopic (exact) mass is 314 g/mol. The van der Waals surface area contributed by atoms with Crippen LogP contribution in [0, 0.1) is 0 Å². The third kappa shape index (κ3) is 3.50. The molecule has 120 valence electrons. The van der Waals surface area contributed by atoms with Gasteiger partial charge in [0.05, 0.1) is 12.4 Å². The van der Waals surface area contributed by atoms with Crippen LogP contribution in [-0.2, 0) is 0 Å². The highest BCUT2D eigenvalue weighted by Crippen LogP contribution is 2.34. The van der Waals surface area contributed by atoms with Gasteiger partial charge in [-0.2, -0.15) is 0 Å². The molecule has 1 aliphatic heterocycles. The van der Waals surface area contributed by atoms with Crippen molar-refractivity contribution in [2.75, 3.05) is 17.4 Å². The second-order valence-electron chi connectivity index (χ2n) is 5.26. The Morgan fingerprint density at radius 1 is 1.26 bits per heavy atom. The van der Waals surface area contributed by atoms with Crippen molar-refractivity contribution in [1.82, 2.24) is 9.97 Å². The van der Waals surface area contributed by atoms with Crippen LogP contribution in [0.4, 0.5) is 11.5 Å². The van der Waals surface area contributed by atoms with Gasteiger partial charge in [0, 0.05) is 17.8 Å². The maximum absolute atomic E-state index is 12.2. The Hall–Kier alpha value is -2.83. The molecule has 0 saturated carbocycles. The molecule has 2 N–H and O–H groups in total. The molecule has 2 aromatic rings. The van der Waals surface area contributed by atoms with Crippen molar-refractivity contribution in [3.8, 4) is 11.5 Å². The number of carbonyl (C=O) groups excluding carboxylic acids is 1. The van der Waals surface area contributed by atoms with Crippen LogP contribution in [0.5, 0.6) is 11.5 Å². The van der Waals surface area contributed by atoms with Crippen LogP contribution in [-0.4, -0.2) is 28.7 Å². The third-order valence-electron chi connectivity index (χ3n) is 3.52. The van der Waals surface area contributed by atoms with Gasteiger partial charge in [-0.1, -0.05) is 6.92 Å². The van der Waals surface area contributed by atoms with E-state index in [-0.39, 0.29) is 18.4 Å². The number of ether oxygens (including phenoxy) is 2. The molecule has 1 aromatic heterocycles. The van der Waals surface area contributed by atoms with Gasteiger partial charge in [0.2, 0.25) is 6.79 Å². The predicted molar refractivity (Wildman–Crippen MR) is 85.9 cm³/mol. The Balaban J connectivity index is 1.66. The van der Waals surface area contributed by atoms with Gasteiger partial charge in [-0.15, -0.1) is 0 Å². The van der Waals surface area contributed by atoms with Gasteiger partial charge in [-0.05, 0) is 25.5 Å². The lowest BCUT2D eigenvalue weighted by atomic mass is 10.2. The lowest BCUT2D eigenvalue weighted by molar-refractivity contribution is 0.102. The smallest absolute Gasteiger partial charge is 0.275 e. The summed E-state index contributed by atoms with van der Waals surface area (Å²) >= 11 is 0. The first kappa shape index (κ1) is 15.1. The number of rotatable bonds is 5. The second kappa shape index (κ2) is 6.51. The minimum absolute atomic E-state index is 0.197. The Morgan fingerprint density at radius 2 is 2.09 bits per heavy atom. The van der Waals surface area contributed by atoms with Gasteiger partial charge in [0.1, 0.15) is 11.5 Å². The normalized spacial score (nSPS) is 13.5. The molecule has 1 aromatic carbocycles. The number of amides is 1. The van der Waals surface area contributed by atoms with Crippen molar-refractivity contribution < 1.29 is 14.3 Å². The first-order valence-electron chi connectivity index (χ1n) is 7.45. The summed E-state index contributed by atoms with van der Waals surface area (Å²) in [6.07, 6.45) is 3.99. The van der Waals surface area contributed by atoms with E-state index in [4.69, 9.17) is 9.47 Å². The van der Waals surface area contributed by atoms with Gasteiger partial charge in [0.25, 0.3) is 5.91 Å². The number of carbonyl (C=O) groups is 1. The molecule has 1 atom stereocenters. The van der Waals surface area contributed by atoms with Gasteiger partial charge in [0.15, 0.2) is 11.5 Å². The van der Waals surface area contributed by atoms with E-state index in [0.717, 1.165) is 6.42 Å². The van der Waals surface area contributed by atoms with Crippen LogP contribution in [0.1, 0.15) is 30.8 Å². The van der Waals surface area contributed by atoms with Gasteiger partial charge < -0.3 is 20.1 Å². The summed E-state index contributed by atoms with van der Waals surface area (Å²) in [6.45, 7) is 4.34. The van der Waals surface area contributed by atoms with Crippen LogP contribution in [0.3, 0.4) is 0 Å². The van der Waals surface area contributed by atoms with E-state index in [2.05, 4.69) is 34.4 Å². The van der Waals surface area contributed by atoms with E-state index in [1.165, 1.54) is 6.20 Å². The molecule has 1 unspecified atom stereocenters. The lowest BCUT2D eigenvalue weighted by Gasteiger charge is -2.11. The summed E-state index contributed by atoms with van der Waals surface area (Å²) in [6, 6.07) is 5.52. The molecule has 0 radical (unpaired) electrons. The van der Waals surface area contributed by atoms with Crippen LogP contribution in [0.15, 0.2) is 30.6 Å². The summed E-state index contributed by atoms with van der Waals surface area (Å²) in [7, 11) is 0. The predicted octanol–water partition coefficient (Wildman–Crippen LogP) is 2.67. The summed E-state index contributed by atoms with van der Waals surface area (Å²) in [4.78, 5) is 20.5. The lowest BCUT2D eigenvalue weighted by Crippen LogP contribution is -2.17. The molecule has 7 nitrogen and oxygen atoms in total. The molecular formula is C16H18N4O3. The molecule has 23 heavy (non-hydrogen) atoms. The molecular weight excluding hydrogens is 296 g/mol. The Labute approximate surface area is 134 Å². The SMILES string of the molecule is CCC(C)Nc1cnc(C(=O)Nc2ccc3c(c2)OCO3)cn1. The number of nitrogens with one attached hydrogen (secondary N) is 2. The fraction of sp³-hybridized carbons (Fsp3) is 0.312. The van der Waals surface area contributed by atoms with Crippen molar-refractivity contribution in [2.24, 2.45) is 0 Å². The second-order valence-corrected chi connectivity index (χ2v) is 5.26. The average molecular weight is 314 g/mol. The van der Waals surface area contributed by atoms with Gasteiger partial charge in [-0.25, -0.2) is 9.97 Å². The minimum atomic E-state index is -0.327. The van der Waals surface area contributed by atoms with E-state index >= 15 is 0 Å². The van der Waals surface area contributed by atoms with Crippen LogP contribution < -0.4 is 20.1 Å². The number of fused-ring (bicyclic) bond motifs is 1. The van der Waals surface area contributed by atoms with E-state index in [0.29, 0.717) is 29.0 Å². The fourth-order valence-corrected chi connectivity index (χ4v) is 2.04. The fourth-order valence-electron chi connectivity index (χ4n) is 2.04. The summed E-state index contributed by atoms with van der Waals surface area (Å²) in [5.41, 5.74) is 0.861. The molecule has 7 heteroatoms. The molecule has 0 spiro atoms. The van der Waals surface area contributed by atoms with E-state index < -0.39 is 0 Å². The van der Waals surface area contributed by atoms with Gasteiger partial charge >= 0.3 is 0 Å². The standard InChI is InChI=1S/C16H18N4O3/c1-3-10(2)19-15-8-17-12(7-18-15)16(21)20-11-4-5-13-14(6-11)23-9-22-13/h4-8,10H,3,9H2,1-2H3,(H,18,19)(H,20,21). The quantitative estimate of drug-likeness (QED) is 0.882. The Morgan fingerprint density at radius 3 is 2.83 bits per heavy atom. The van der Waals surface area contributed by atoms with Crippen molar-refractivity contribution in [1.29, 1.82) is 0 Å². The molecule has 0 fully saturated rings. The summed E-state index contributed by atoms with van der Waals surface area (Å²) < 4.78 is 10.5. The highest BCUT2D eigenvalue weighted by molar-refractivity contribution is 6.02. The number of anilines is 2. The maximum atomic E-state index is 12.2. The van der Waals surface area contributed by atoms with Crippen molar-refractivity contribution in [2.45, 2.75) is 26.3 Å². The molecule has 0 saturated heterocycles. The Bertz CT molecular complexity index is 703. The van der Waals surface area contributed by atoms with E-state index in [9.17, 15) is 4.79 Å². The zero-order chi connectivity index (χ0) is 16.2. The Kier molecular flexibility index (Phi) is 4.27. The first-order chi connectivity index (χ1) is 11.2. The summed E-state index contributed by atoms with van der Waals surface area (Å²) in [5.74, 6) is 1.61. The number of aromatic nitrogens is 2. The molecule has 2 heterocycles. The van der Waals surface area contributed by atoms with Gasteiger partial charge in [-0.3, -0.25) is 4.79 Å². The number of benzene rings is 1. The van der Waals surface area contributed by atoms with Crippen LogP contribution in [0.2, 0.25) is 0 Å². The minimum Gasteiger partial charge on any atom is -0.454 e. The highest BCUT2D eigenvalue weighted by Gasteiger charge is 2.15. The molecule has 1 amide bonds. The van der Waals surface area contributed by atoms with Crippen LogP contribution in [0.25, 0.3) is 0 Å². The zero-order valence-corrected chi connectivity index (χ0v) is 13.0.